The summed E-state index contributed by atoms with van der Waals surface area (Å²) in [4.78, 5) is 13.6. The molecule has 0 aromatic heterocycles. The molecule has 1 amide bonds. The fourth-order valence-corrected chi connectivity index (χ4v) is 3.01. The second kappa shape index (κ2) is 6.57. The Balaban J connectivity index is 2.20. The highest BCUT2D eigenvalue weighted by atomic mass is 35.5. The lowest BCUT2D eigenvalue weighted by atomic mass is 9.96. The van der Waals surface area contributed by atoms with Gasteiger partial charge in [0.1, 0.15) is 0 Å². The van der Waals surface area contributed by atoms with Crippen molar-refractivity contribution in [1.82, 2.24) is 4.90 Å². The van der Waals surface area contributed by atoms with Crippen LogP contribution in [-0.4, -0.2) is 29.9 Å². The number of halogens is 1. The zero-order chi connectivity index (χ0) is 14.7. The number of carbonyl (C=O) groups excluding carboxylic acids is 1. The van der Waals surface area contributed by atoms with Crippen LogP contribution < -0.4 is 11.5 Å². The molecule has 110 valence electrons. The van der Waals surface area contributed by atoms with Gasteiger partial charge in [0.05, 0.1) is 5.92 Å². The van der Waals surface area contributed by atoms with Crippen molar-refractivity contribution in [3.05, 3.63) is 34.9 Å². The van der Waals surface area contributed by atoms with Gasteiger partial charge in [0.25, 0.3) is 0 Å². The van der Waals surface area contributed by atoms with Crippen molar-refractivity contribution in [2.75, 3.05) is 13.1 Å². The maximum atomic E-state index is 11.3. The van der Waals surface area contributed by atoms with Gasteiger partial charge >= 0.3 is 0 Å². The number of likely N-dealkylation sites (tertiary alicyclic amines) is 1. The summed E-state index contributed by atoms with van der Waals surface area (Å²) in [6.45, 7) is 3.63. The summed E-state index contributed by atoms with van der Waals surface area (Å²) in [7, 11) is 0. The highest BCUT2D eigenvalue weighted by Gasteiger charge is 2.34. The summed E-state index contributed by atoms with van der Waals surface area (Å²) in [5, 5.41) is 0.717. The average molecular weight is 296 g/mol. The van der Waals surface area contributed by atoms with E-state index in [0.29, 0.717) is 11.6 Å². The molecule has 0 bridgehead atoms. The summed E-state index contributed by atoms with van der Waals surface area (Å²) in [5.41, 5.74) is 12.9. The van der Waals surface area contributed by atoms with Crippen molar-refractivity contribution in [2.45, 2.75) is 31.8 Å². The lowest BCUT2D eigenvalue weighted by Crippen LogP contribution is -2.40. The summed E-state index contributed by atoms with van der Waals surface area (Å²) in [6.07, 6.45) is 1.70. The Kier molecular flexibility index (Phi) is 5.02. The third kappa shape index (κ3) is 3.32. The van der Waals surface area contributed by atoms with Gasteiger partial charge in [-0.15, -0.1) is 0 Å². The van der Waals surface area contributed by atoms with Crippen LogP contribution in [0.1, 0.15) is 31.4 Å². The van der Waals surface area contributed by atoms with Crippen LogP contribution in [0.3, 0.4) is 0 Å². The number of nitrogens with zero attached hydrogens (tertiary/aromatic N) is 1. The number of nitrogens with two attached hydrogens (primary N) is 2. The Morgan fingerprint density at radius 1 is 1.45 bits per heavy atom. The van der Waals surface area contributed by atoms with Gasteiger partial charge in [-0.05, 0) is 37.1 Å². The van der Waals surface area contributed by atoms with E-state index in [1.54, 1.807) is 0 Å². The first kappa shape index (κ1) is 15.3. The molecule has 4 nitrogen and oxygen atoms in total. The van der Waals surface area contributed by atoms with E-state index in [9.17, 15) is 4.79 Å². The highest BCUT2D eigenvalue weighted by molar-refractivity contribution is 6.30. The molecule has 1 heterocycles. The molecule has 4 N–H and O–H groups in total. The molecule has 5 heteroatoms. The van der Waals surface area contributed by atoms with Crippen LogP contribution in [0.25, 0.3) is 0 Å². The van der Waals surface area contributed by atoms with Crippen molar-refractivity contribution in [1.29, 1.82) is 0 Å². The van der Waals surface area contributed by atoms with Crippen molar-refractivity contribution in [3.8, 4) is 0 Å². The maximum Gasteiger partial charge on any atom is 0.221 e. The Hall–Kier alpha value is -1.10. The van der Waals surface area contributed by atoms with Crippen molar-refractivity contribution < 1.29 is 4.79 Å². The molecule has 0 saturated carbocycles. The largest absolute Gasteiger partial charge is 0.369 e. The normalized spacial score (nSPS) is 22.6. The van der Waals surface area contributed by atoms with Crippen molar-refractivity contribution >= 4 is 17.5 Å². The van der Waals surface area contributed by atoms with E-state index in [-0.39, 0.29) is 23.9 Å². The van der Waals surface area contributed by atoms with Gasteiger partial charge in [0.2, 0.25) is 5.91 Å². The topological polar surface area (TPSA) is 72.3 Å². The molecule has 20 heavy (non-hydrogen) atoms. The minimum Gasteiger partial charge on any atom is -0.369 e. The Bertz CT molecular complexity index is 463. The lowest BCUT2D eigenvalue weighted by Gasteiger charge is -2.32. The molecule has 0 aliphatic carbocycles. The van der Waals surface area contributed by atoms with Crippen molar-refractivity contribution in [2.24, 2.45) is 17.4 Å². The van der Waals surface area contributed by atoms with Gasteiger partial charge in [-0.2, -0.15) is 0 Å². The molecule has 2 rings (SSSR count). The van der Waals surface area contributed by atoms with Gasteiger partial charge < -0.3 is 11.5 Å². The van der Waals surface area contributed by atoms with E-state index in [1.807, 2.05) is 24.3 Å². The third-order valence-corrected chi connectivity index (χ3v) is 4.36. The number of carbonyl (C=O) groups is 1. The van der Waals surface area contributed by atoms with E-state index >= 15 is 0 Å². The molecule has 1 aromatic rings. The first-order chi connectivity index (χ1) is 9.52. The molecule has 3 atom stereocenters. The van der Waals surface area contributed by atoms with Crippen LogP contribution in [0.5, 0.6) is 0 Å². The molecule has 1 aromatic carbocycles. The SMILES string of the molecule is CCC(N)C(c1ccc(Cl)cc1)N1CCC(C(N)=O)C1. The Morgan fingerprint density at radius 3 is 2.60 bits per heavy atom. The van der Waals surface area contributed by atoms with Gasteiger partial charge in [0.15, 0.2) is 0 Å². The molecule has 0 spiro atoms. The average Bonchev–Trinajstić information content (AvgIpc) is 2.90. The minimum absolute atomic E-state index is 0.0304. The van der Waals surface area contributed by atoms with Gasteiger partial charge in [0, 0.05) is 23.7 Å². The highest BCUT2D eigenvalue weighted by Crippen LogP contribution is 2.31. The number of hydrogen-bond donors (Lipinski definition) is 2. The number of hydrogen-bond acceptors (Lipinski definition) is 3. The zero-order valence-electron chi connectivity index (χ0n) is 11.8. The molecule has 1 aliphatic rings. The van der Waals surface area contributed by atoms with E-state index in [0.717, 1.165) is 24.9 Å². The zero-order valence-corrected chi connectivity index (χ0v) is 12.5. The molecule has 1 aliphatic heterocycles. The molecule has 1 fully saturated rings. The summed E-state index contributed by atoms with van der Waals surface area (Å²) < 4.78 is 0. The van der Waals surface area contributed by atoms with E-state index in [4.69, 9.17) is 23.1 Å². The van der Waals surface area contributed by atoms with Crippen LogP contribution in [0, 0.1) is 5.92 Å². The summed E-state index contributed by atoms with van der Waals surface area (Å²) >= 11 is 5.95. The van der Waals surface area contributed by atoms with Gasteiger partial charge in [-0.3, -0.25) is 9.69 Å². The molecule has 3 unspecified atom stereocenters. The first-order valence-corrected chi connectivity index (χ1v) is 7.45. The van der Waals surface area contributed by atoms with Crippen LogP contribution in [-0.2, 0) is 4.79 Å². The summed E-state index contributed by atoms with van der Waals surface area (Å²) in [5.74, 6) is -0.277. The fraction of sp³-hybridized carbons (Fsp3) is 0.533. The molecule has 0 radical (unpaired) electrons. The number of rotatable bonds is 5. The Morgan fingerprint density at radius 2 is 2.10 bits per heavy atom. The van der Waals surface area contributed by atoms with Gasteiger partial charge in [-0.25, -0.2) is 0 Å². The van der Waals surface area contributed by atoms with E-state index in [1.165, 1.54) is 0 Å². The fourth-order valence-electron chi connectivity index (χ4n) is 2.88. The monoisotopic (exact) mass is 295 g/mol. The van der Waals surface area contributed by atoms with Crippen LogP contribution in [0.4, 0.5) is 0 Å². The maximum absolute atomic E-state index is 11.3. The predicted molar refractivity (Wildman–Crippen MR) is 81.3 cm³/mol. The molecule has 1 saturated heterocycles. The smallest absolute Gasteiger partial charge is 0.221 e. The number of primary amides is 1. The predicted octanol–water partition coefficient (Wildman–Crippen LogP) is 1.93. The van der Waals surface area contributed by atoms with Crippen LogP contribution in [0.15, 0.2) is 24.3 Å². The lowest BCUT2D eigenvalue weighted by molar-refractivity contribution is -0.121. The quantitative estimate of drug-likeness (QED) is 0.872. The van der Waals surface area contributed by atoms with E-state index in [2.05, 4.69) is 11.8 Å². The molecular formula is C15H22ClN3O. The second-order valence-electron chi connectivity index (χ2n) is 5.45. The van der Waals surface area contributed by atoms with Crippen LogP contribution >= 0.6 is 11.6 Å². The standard InChI is InChI=1S/C15H22ClN3O/c1-2-13(17)14(10-3-5-12(16)6-4-10)19-8-7-11(9-19)15(18)20/h3-6,11,13-14H,2,7-9,17H2,1H3,(H2,18,20). The van der Waals surface area contributed by atoms with E-state index < -0.39 is 0 Å². The van der Waals surface area contributed by atoms with Gasteiger partial charge in [-0.1, -0.05) is 30.7 Å². The Labute approximate surface area is 125 Å². The first-order valence-electron chi connectivity index (χ1n) is 7.07. The number of benzene rings is 1. The van der Waals surface area contributed by atoms with Crippen molar-refractivity contribution in [3.63, 3.8) is 0 Å². The minimum atomic E-state index is -0.215. The third-order valence-electron chi connectivity index (χ3n) is 4.10. The number of amides is 1. The second-order valence-corrected chi connectivity index (χ2v) is 5.89. The molecular weight excluding hydrogens is 274 g/mol. The summed E-state index contributed by atoms with van der Waals surface area (Å²) in [6, 6.07) is 7.94. The van der Waals surface area contributed by atoms with Crippen LogP contribution in [0.2, 0.25) is 5.02 Å².